The van der Waals surface area contributed by atoms with E-state index in [0.29, 0.717) is 11.7 Å². The number of nitrogens with zero attached hydrogens (tertiary/aromatic N) is 2. The van der Waals surface area contributed by atoms with Gasteiger partial charge in [-0.05, 0) is 53.7 Å². The molecule has 5 heteroatoms. The highest BCUT2D eigenvalue weighted by atomic mass is 79.9. The van der Waals surface area contributed by atoms with Gasteiger partial charge in [0.05, 0.1) is 10.2 Å². The van der Waals surface area contributed by atoms with Crippen LogP contribution in [0.25, 0.3) is 5.65 Å². The van der Waals surface area contributed by atoms with E-state index in [-0.39, 0.29) is 5.91 Å². The van der Waals surface area contributed by atoms with Crippen LogP contribution in [0.5, 0.6) is 0 Å². The first-order chi connectivity index (χ1) is 11.1. The number of nitrogens with one attached hydrogen (secondary N) is 1. The van der Waals surface area contributed by atoms with Crippen LogP contribution in [0, 0.1) is 6.92 Å². The summed E-state index contributed by atoms with van der Waals surface area (Å²) in [5, 5.41) is 3.25. The van der Waals surface area contributed by atoms with Crippen LogP contribution in [0.1, 0.15) is 67.2 Å². The number of halogens is 1. The van der Waals surface area contributed by atoms with Crippen LogP contribution < -0.4 is 5.32 Å². The number of carbonyl (C=O) groups excluding carboxylic acids is 1. The first kappa shape index (κ1) is 16.5. The molecule has 124 valence electrons. The van der Waals surface area contributed by atoms with Gasteiger partial charge in [-0.2, -0.15) is 0 Å². The number of amides is 1. The fourth-order valence-electron chi connectivity index (χ4n) is 3.44. The number of rotatable bonds is 3. The number of aryl methyl sites for hydroxylation is 2. The van der Waals surface area contributed by atoms with Crippen molar-refractivity contribution in [2.75, 3.05) is 0 Å². The van der Waals surface area contributed by atoms with Gasteiger partial charge in [0.15, 0.2) is 5.65 Å². The number of carbonyl (C=O) groups is 1. The number of hydrogen-bond acceptors (Lipinski definition) is 2. The van der Waals surface area contributed by atoms with Gasteiger partial charge in [0, 0.05) is 12.2 Å². The zero-order chi connectivity index (χ0) is 16.4. The van der Waals surface area contributed by atoms with Gasteiger partial charge in [-0.15, -0.1) is 0 Å². The lowest BCUT2D eigenvalue weighted by atomic mass is 10.1. The van der Waals surface area contributed by atoms with Gasteiger partial charge in [-0.3, -0.25) is 9.20 Å². The highest BCUT2D eigenvalue weighted by Crippen LogP contribution is 2.24. The number of aromatic nitrogens is 2. The normalized spacial score (nSPS) is 16.5. The van der Waals surface area contributed by atoms with E-state index in [1.165, 1.54) is 25.7 Å². The fourth-order valence-corrected chi connectivity index (χ4v) is 4.08. The third kappa shape index (κ3) is 3.44. The monoisotopic (exact) mass is 377 g/mol. The number of hydrogen-bond donors (Lipinski definition) is 1. The molecule has 0 saturated heterocycles. The van der Waals surface area contributed by atoms with Crippen LogP contribution in [0.3, 0.4) is 0 Å². The van der Waals surface area contributed by atoms with Crippen molar-refractivity contribution in [1.82, 2.24) is 14.7 Å². The molecule has 0 unspecified atom stereocenters. The molecule has 0 atom stereocenters. The molecule has 2 aromatic heterocycles. The summed E-state index contributed by atoms with van der Waals surface area (Å²) in [4.78, 5) is 17.6. The molecule has 0 radical (unpaired) electrons. The predicted molar refractivity (Wildman–Crippen MR) is 96.0 cm³/mol. The first-order valence-corrected chi connectivity index (χ1v) is 9.37. The van der Waals surface area contributed by atoms with E-state index >= 15 is 0 Å². The molecule has 2 heterocycles. The summed E-state index contributed by atoms with van der Waals surface area (Å²) >= 11 is 3.57. The van der Waals surface area contributed by atoms with E-state index in [1.54, 1.807) is 0 Å². The maximum atomic E-state index is 12.9. The molecule has 1 aliphatic carbocycles. The van der Waals surface area contributed by atoms with Gasteiger partial charge in [0.2, 0.25) is 0 Å². The largest absolute Gasteiger partial charge is 0.348 e. The van der Waals surface area contributed by atoms with Crippen molar-refractivity contribution in [2.45, 2.75) is 64.8 Å². The van der Waals surface area contributed by atoms with Crippen molar-refractivity contribution in [3.05, 3.63) is 33.7 Å². The van der Waals surface area contributed by atoms with Crippen molar-refractivity contribution in [3.8, 4) is 0 Å². The van der Waals surface area contributed by atoms with Crippen molar-refractivity contribution < 1.29 is 4.79 Å². The Bertz CT molecular complexity index is 715. The molecule has 1 amide bonds. The minimum Gasteiger partial charge on any atom is -0.348 e. The van der Waals surface area contributed by atoms with Crippen LogP contribution in [0.2, 0.25) is 0 Å². The topological polar surface area (TPSA) is 46.4 Å². The van der Waals surface area contributed by atoms with Gasteiger partial charge in [0.25, 0.3) is 5.91 Å². The van der Waals surface area contributed by atoms with E-state index in [1.807, 2.05) is 30.5 Å². The molecule has 2 aromatic rings. The summed E-state index contributed by atoms with van der Waals surface area (Å²) in [6.45, 7) is 4.08. The lowest BCUT2D eigenvalue weighted by Gasteiger charge is -2.16. The van der Waals surface area contributed by atoms with Crippen molar-refractivity contribution in [1.29, 1.82) is 0 Å². The van der Waals surface area contributed by atoms with Gasteiger partial charge in [-0.25, -0.2) is 4.98 Å². The second kappa shape index (κ2) is 7.04. The quantitative estimate of drug-likeness (QED) is 0.804. The summed E-state index contributed by atoms with van der Waals surface area (Å²) in [7, 11) is 0. The summed E-state index contributed by atoms with van der Waals surface area (Å²) < 4.78 is 2.87. The molecule has 1 saturated carbocycles. The highest BCUT2D eigenvalue weighted by molar-refractivity contribution is 9.10. The fraction of sp³-hybridized carbons (Fsp3) is 0.556. The van der Waals surface area contributed by atoms with E-state index in [4.69, 9.17) is 0 Å². The van der Waals surface area contributed by atoms with E-state index < -0.39 is 0 Å². The third-order valence-corrected chi connectivity index (χ3v) is 5.21. The van der Waals surface area contributed by atoms with Crippen molar-refractivity contribution >= 4 is 27.5 Å². The number of pyridine rings is 1. The Balaban J connectivity index is 1.95. The minimum atomic E-state index is 0.0127. The van der Waals surface area contributed by atoms with Gasteiger partial charge in [-0.1, -0.05) is 32.6 Å². The zero-order valence-electron chi connectivity index (χ0n) is 13.9. The summed E-state index contributed by atoms with van der Waals surface area (Å²) in [6, 6.07) is 2.34. The van der Waals surface area contributed by atoms with Gasteiger partial charge in [0.1, 0.15) is 5.69 Å². The minimum absolute atomic E-state index is 0.0127. The zero-order valence-corrected chi connectivity index (χ0v) is 15.4. The molecule has 0 aromatic carbocycles. The maximum absolute atomic E-state index is 12.9. The average Bonchev–Trinajstić information content (AvgIpc) is 2.69. The van der Waals surface area contributed by atoms with Crippen LogP contribution >= 0.6 is 15.9 Å². The molecule has 0 bridgehead atoms. The van der Waals surface area contributed by atoms with Crippen molar-refractivity contribution in [3.63, 3.8) is 0 Å². The molecule has 1 aliphatic rings. The Morgan fingerprint density at radius 2 is 2.04 bits per heavy atom. The summed E-state index contributed by atoms with van der Waals surface area (Å²) in [6.07, 6.45) is 9.92. The van der Waals surface area contributed by atoms with Gasteiger partial charge < -0.3 is 5.32 Å². The Labute approximate surface area is 145 Å². The smallest absolute Gasteiger partial charge is 0.270 e. The summed E-state index contributed by atoms with van der Waals surface area (Å²) in [5.74, 6) is 0.0127. The Morgan fingerprint density at radius 3 is 2.70 bits per heavy atom. The van der Waals surface area contributed by atoms with Crippen LogP contribution in [0.4, 0.5) is 0 Å². The number of imidazole rings is 1. The second-order valence-electron chi connectivity index (χ2n) is 6.48. The Morgan fingerprint density at radius 1 is 1.35 bits per heavy atom. The molecule has 1 fully saturated rings. The maximum Gasteiger partial charge on any atom is 0.270 e. The first-order valence-electron chi connectivity index (χ1n) is 8.58. The molecular formula is C18H24BrN3O. The number of fused-ring (bicyclic) bond motifs is 1. The van der Waals surface area contributed by atoms with Crippen LogP contribution in [-0.4, -0.2) is 21.3 Å². The Hall–Kier alpha value is -1.36. The lowest BCUT2D eigenvalue weighted by molar-refractivity contribution is 0.0926. The molecule has 4 nitrogen and oxygen atoms in total. The van der Waals surface area contributed by atoms with E-state index in [0.717, 1.165) is 40.6 Å². The SMILES string of the molecule is CCc1nc2c(Br)cc(C)cn2c1C(=O)NC1CCCCCC1. The average molecular weight is 378 g/mol. The summed E-state index contributed by atoms with van der Waals surface area (Å²) in [5.41, 5.74) is 3.48. The predicted octanol–water partition coefficient (Wildman–Crippen LogP) is 4.42. The standard InChI is InChI=1S/C18H24BrN3O/c1-3-15-16(18(23)20-13-8-6-4-5-7-9-13)22-11-12(2)10-14(19)17(22)21-15/h10-11,13H,3-9H2,1-2H3,(H,20,23). The van der Waals surface area contributed by atoms with Crippen molar-refractivity contribution in [2.24, 2.45) is 0 Å². The molecule has 23 heavy (non-hydrogen) atoms. The molecule has 0 aliphatic heterocycles. The van der Waals surface area contributed by atoms with E-state index in [9.17, 15) is 4.79 Å². The Kier molecular flexibility index (Phi) is 5.05. The van der Waals surface area contributed by atoms with Crippen LogP contribution in [-0.2, 0) is 6.42 Å². The second-order valence-corrected chi connectivity index (χ2v) is 7.34. The van der Waals surface area contributed by atoms with E-state index in [2.05, 4.69) is 26.2 Å². The molecule has 0 spiro atoms. The molecular weight excluding hydrogens is 354 g/mol. The highest BCUT2D eigenvalue weighted by Gasteiger charge is 2.22. The lowest BCUT2D eigenvalue weighted by Crippen LogP contribution is -2.35. The van der Waals surface area contributed by atoms with Gasteiger partial charge >= 0.3 is 0 Å². The molecule has 3 rings (SSSR count). The molecule has 1 N–H and O–H groups in total. The third-order valence-electron chi connectivity index (χ3n) is 4.62. The van der Waals surface area contributed by atoms with Crippen LogP contribution in [0.15, 0.2) is 16.7 Å².